The van der Waals surface area contributed by atoms with Gasteiger partial charge in [-0.2, -0.15) is 0 Å². The van der Waals surface area contributed by atoms with Gasteiger partial charge in [-0.05, 0) is 92.4 Å². The standard InChI is InChI=1S/C32H48N2O4/c1-20-14-26-27(34(18-20)10-11-37-13-12-36-3)25-17-30-19-29(30)16-24-23(31(29,33)8-9-32(25,30)38-26)5-4-21-15-22(35)6-7-28(21,24)2/h15,20,23-27H,4-14,16-19,33H2,1-3H3/t20-,23+,24-,25+,26+,27-,28-,29?,30?,31+,32+/m0/s1. The number of nitrogens with two attached hydrogens (primary N) is 1. The summed E-state index contributed by atoms with van der Waals surface area (Å²) in [5, 5.41) is 0. The molecule has 38 heavy (non-hydrogen) atoms. The molecule has 0 aromatic heterocycles. The minimum Gasteiger partial charge on any atom is -0.382 e. The Balaban J connectivity index is 1.07. The van der Waals surface area contributed by atoms with Crippen LogP contribution in [0.5, 0.6) is 0 Å². The lowest BCUT2D eigenvalue weighted by Gasteiger charge is -2.62. The largest absolute Gasteiger partial charge is 0.382 e. The molecule has 7 fully saturated rings. The van der Waals surface area contributed by atoms with Crippen LogP contribution in [-0.4, -0.2) is 74.0 Å². The zero-order valence-corrected chi connectivity index (χ0v) is 23.8. The molecule has 5 saturated carbocycles. The Morgan fingerprint density at radius 3 is 2.76 bits per heavy atom. The topological polar surface area (TPSA) is 74.0 Å². The van der Waals surface area contributed by atoms with Crippen molar-refractivity contribution in [2.45, 2.75) is 101 Å². The van der Waals surface area contributed by atoms with Crippen LogP contribution in [0.3, 0.4) is 0 Å². The Bertz CT molecular complexity index is 1080. The van der Waals surface area contributed by atoms with Gasteiger partial charge in [0.05, 0.1) is 31.5 Å². The van der Waals surface area contributed by atoms with Crippen molar-refractivity contribution in [2.24, 2.45) is 45.7 Å². The third-order valence-electron chi connectivity index (χ3n) is 14.1. The lowest BCUT2D eigenvalue weighted by molar-refractivity contribution is -0.214. The molecule has 6 aliphatic carbocycles. The first-order valence-corrected chi connectivity index (χ1v) is 15.7. The second kappa shape index (κ2) is 7.94. The summed E-state index contributed by atoms with van der Waals surface area (Å²) >= 11 is 0. The zero-order valence-electron chi connectivity index (χ0n) is 23.8. The number of hydrogen-bond donors (Lipinski definition) is 1. The summed E-state index contributed by atoms with van der Waals surface area (Å²) < 4.78 is 18.5. The fourth-order valence-electron chi connectivity index (χ4n) is 12.6. The summed E-state index contributed by atoms with van der Waals surface area (Å²) in [7, 11) is 1.73. The molecule has 6 nitrogen and oxygen atoms in total. The maximum Gasteiger partial charge on any atom is 0.155 e. The van der Waals surface area contributed by atoms with Crippen LogP contribution < -0.4 is 5.73 Å². The summed E-state index contributed by atoms with van der Waals surface area (Å²) in [5.41, 5.74) is 9.90. The van der Waals surface area contributed by atoms with E-state index in [2.05, 4.69) is 18.7 Å². The second-order valence-electron chi connectivity index (χ2n) is 15.2. The number of rotatable bonds is 6. The van der Waals surface area contributed by atoms with E-state index < -0.39 is 0 Å². The Labute approximate surface area is 228 Å². The smallest absolute Gasteiger partial charge is 0.155 e. The molecule has 2 N–H and O–H groups in total. The number of carbonyl (C=O) groups excluding carboxylic acids is 1. The Kier molecular flexibility index (Phi) is 5.21. The van der Waals surface area contributed by atoms with Crippen LogP contribution in [-0.2, 0) is 19.0 Å². The van der Waals surface area contributed by atoms with Crippen molar-refractivity contribution in [3.63, 3.8) is 0 Å². The van der Waals surface area contributed by atoms with Crippen molar-refractivity contribution >= 4 is 5.78 Å². The van der Waals surface area contributed by atoms with Gasteiger partial charge in [-0.3, -0.25) is 9.69 Å². The van der Waals surface area contributed by atoms with Crippen LogP contribution in [0.4, 0.5) is 0 Å². The highest BCUT2D eigenvalue weighted by Crippen LogP contribution is 2.93. The van der Waals surface area contributed by atoms with Crippen LogP contribution in [0.2, 0.25) is 0 Å². The lowest BCUT2D eigenvalue weighted by Crippen LogP contribution is -2.69. The molecule has 0 aromatic carbocycles. The molecular weight excluding hydrogens is 476 g/mol. The molecule has 2 heterocycles. The van der Waals surface area contributed by atoms with E-state index in [1.165, 1.54) is 44.2 Å². The molecule has 8 rings (SSSR count). The molecule has 0 bridgehead atoms. The average Bonchev–Trinajstić information content (AvgIpc) is 3.43. The summed E-state index contributed by atoms with van der Waals surface area (Å²) in [4.78, 5) is 15.1. The van der Waals surface area contributed by atoms with Crippen molar-refractivity contribution in [3.8, 4) is 0 Å². The van der Waals surface area contributed by atoms with Crippen molar-refractivity contribution < 1.29 is 19.0 Å². The third-order valence-corrected chi connectivity index (χ3v) is 14.1. The van der Waals surface area contributed by atoms with Gasteiger partial charge in [0, 0.05) is 49.5 Å². The number of allylic oxidation sites excluding steroid dienone is 2. The second-order valence-corrected chi connectivity index (χ2v) is 15.2. The predicted molar refractivity (Wildman–Crippen MR) is 144 cm³/mol. The number of ketones is 1. The number of likely N-dealkylation sites (tertiary alicyclic amines) is 1. The van der Waals surface area contributed by atoms with Gasteiger partial charge in [-0.25, -0.2) is 0 Å². The lowest BCUT2D eigenvalue weighted by atomic mass is 9.46. The SMILES string of the molecule is COCCOCCN1C[C@@H](C)C[C@H]2O[C@@]34CC[C@@]5(N)[C@@H]6CCC7=CC(=O)CC[C@]7(C)[C@H]6CC56CC63C[C@@H]4[C@@H]21. The number of fused-ring (bicyclic) bond motifs is 6. The van der Waals surface area contributed by atoms with Gasteiger partial charge in [0.2, 0.25) is 0 Å². The van der Waals surface area contributed by atoms with Gasteiger partial charge in [0.1, 0.15) is 0 Å². The van der Waals surface area contributed by atoms with E-state index in [0.717, 1.165) is 45.3 Å². The maximum atomic E-state index is 12.3. The van der Waals surface area contributed by atoms with E-state index >= 15 is 0 Å². The molecule has 210 valence electrons. The molecule has 0 aromatic rings. The molecule has 8 aliphatic rings. The van der Waals surface area contributed by atoms with E-state index in [9.17, 15) is 4.79 Å². The molecule has 6 heteroatoms. The van der Waals surface area contributed by atoms with Crippen LogP contribution >= 0.6 is 0 Å². The van der Waals surface area contributed by atoms with Crippen molar-refractivity contribution in [2.75, 3.05) is 40.0 Å². The Hall–Kier alpha value is -0.790. The van der Waals surface area contributed by atoms with Gasteiger partial charge in [-0.1, -0.05) is 19.4 Å². The number of hydrogen-bond acceptors (Lipinski definition) is 6. The number of piperidine rings is 1. The summed E-state index contributed by atoms with van der Waals surface area (Å²) in [6, 6.07) is 0.547. The summed E-state index contributed by atoms with van der Waals surface area (Å²) in [6.45, 7) is 9.17. The minimum atomic E-state index is -0.0385. The van der Waals surface area contributed by atoms with E-state index in [-0.39, 0.29) is 22.0 Å². The number of ether oxygens (including phenoxy) is 3. The normalized spacial score (nSPS) is 55.9. The van der Waals surface area contributed by atoms with Crippen molar-refractivity contribution in [3.05, 3.63) is 11.6 Å². The monoisotopic (exact) mass is 524 g/mol. The molecule has 2 unspecified atom stereocenters. The first-order valence-electron chi connectivity index (χ1n) is 15.7. The summed E-state index contributed by atoms with van der Waals surface area (Å²) in [6.07, 6.45) is 13.8. The molecule has 2 aliphatic heterocycles. The highest BCUT2D eigenvalue weighted by atomic mass is 16.5. The van der Waals surface area contributed by atoms with Crippen LogP contribution in [0.15, 0.2) is 11.6 Å². The van der Waals surface area contributed by atoms with Crippen LogP contribution in [0, 0.1) is 39.9 Å². The van der Waals surface area contributed by atoms with Gasteiger partial charge < -0.3 is 19.9 Å². The molecule has 0 amide bonds. The number of methoxy groups -OCH3 is 1. The van der Waals surface area contributed by atoms with E-state index in [4.69, 9.17) is 19.9 Å². The molecule has 0 radical (unpaired) electrons. The van der Waals surface area contributed by atoms with Gasteiger partial charge in [-0.15, -0.1) is 0 Å². The highest BCUT2D eigenvalue weighted by Gasteiger charge is 2.94. The third kappa shape index (κ3) is 2.76. The fourth-order valence-corrected chi connectivity index (χ4v) is 12.6. The van der Waals surface area contributed by atoms with Gasteiger partial charge >= 0.3 is 0 Å². The van der Waals surface area contributed by atoms with Crippen molar-refractivity contribution in [1.29, 1.82) is 0 Å². The maximum absolute atomic E-state index is 12.3. The highest BCUT2D eigenvalue weighted by molar-refractivity contribution is 5.91. The molecular formula is C32H48N2O4. The first kappa shape index (κ1) is 25.0. The first-order chi connectivity index (χ1) is 18.2. The molecule has 2 saturated heterocycles. The number of nitrogens with zero attached hydrogens (tertiary/aromatic N) is 1. The van der Waals surface area contributed by atoms with Crippen LogP contribution in [0.25, 0.3) is 0 Å². The predicted octanol–water partition coefficient (Wildman–Crippen LogP) is 4.11. The Morgan fingerprint density at radius 1 is 1.08 bits per heavy atom. The van der Waals surface area contributed by atoms with Crippen LogP contribution in [0.1, 0.15) is 78.1 Å². The van der Waals surface area contributed by atoms with Gasteiger partial charge in [0.25, 0.3) is 0 Å². The van der Waals surface area contributed by atoms with Gasteiger partial charge in [0.15, 0.2) is 5.78 Å². The van der Waals surface area contributed by atoms with Crippen molar-refractivity contribution in [1.82, 2.24) is 4.90 Å². The van der Waals surface area contributed by atoms with E-state index in [0.29, 0.717) is 60.2 Å². The molecule has 11 atom stereocenters. The van der Waals surface area contributed by atoms with E-state index in [1.807, 2.05) is 6.08 Å². The Morgan fingerprint density at radius 2 is 1.92 bits per heavy atom. The quantitative estimate of drug-likeness (QED) is 0.527. The zero-order chi connectivity index (χ0) is 26.1. The summed E-state index contributed by atoms with van der Waals surface area (Å²) in [5.74, 6) is 2.92. The number of carbonyl (C=O) groups is 1. The minimum absolute atomic E-state index is 0.0385. The van der Waals surface area contributed by atoms with E-state index in [1.54, 1.807) is 7.11 Å². The molecule has 3 spiro atoms. The fraction of sp³-hybridized carbons (Fsp3) is 0.906. The average molecular weight is 525 g/mol.